The molecule has 0 radical (unpaired) electrons. The highest BCUT2D eigenvalue weighted by atomic mass is 19.1. The van der Waals surface area contributed by atoms with Gasteiger partial charge < -0.3 is 5.73 Å². The van der Waals surface area contributed by atoms with Gasteiger partial charge in [-0.15, -0.1) is 0 Å². The first-order chi connectivity index (χ1) is 8.09. The molecule has 0 aliphatic heterocycles. The van der Waals surface area contributed by atoms with Crippen molar-refractivity contribution in [2.75, 3.05) is 0 Å². The third kappa shape index (κ3) is 2.13. The zero-order valence-electron chi connectivity index (χ0n) is 9.14. The van der Waals surface area contributed by atoms with E-state index in [0.717, 1.165) is 5.56 Å². The molecule has 2 aromatic rings. The van der Waals surface area contributed by atoms with Crippen LogP contribution in [0.25, 0.3) is 11.1 Å². The summed E-state index contributed by atoms with van der Waals surface area (Å²) < 4.78 is 13.9. The molecule has 2 heterocycles. The maximum Gasteiger partial charge on any atom is 0.270 e. The number of hydrogen-bond donors (Lipinski definition) is 1. The zero-order chi connectivity index (χ0) is 12.4. The molecule has 0 saturated heterocycles. The van der Waals surface area contributed by atoms with Crippen molar-refractivity contribution in [2.24, 2.45) is 5.73 Å². The molecule has 0 spiro atoms. The number of pyridine rings is 2. The molecule has 0 atom stereocenters. The highest BCUT2D eigenvalue weighted by molar-refractivity contribution is 5.92. The second-order valence-electron chi connectivity index (χ2n) is 3.64. The third-order valence-electron chi connectivity index (χ3n) is 2.31. The molecule has 0 saturated carbocycles. The summed E-state index contributed by atoms with van der Waals surface area (Å²) in [6.07, 6.45) is 4.54. The van der Waals surface area contributed by atoms with Crippen LogP contribution in [0.5, 0.6) is 0 Å². The number of aryl methyl sites for hydroxylation is 1. The molecule has 2 aromatic heterocycles. The molecule has 0 unspecified atom stereocenters. The minimum Gasteiger partial charge on any atom is -0.364 e. The molecule has 0 bridgehead atoms. The van der Waals surface area contributed by atoms with Gasteiger partial charge >= 0.3 is 0 Å². The lowest BCUT2D eigenvalue weighted by molar-refractivity contribution is 0.0991. The van der Waals surface area contributed by atoms with Crippen LogP contribution in [0.1, 0.15) is 16.1 Å². The molecule has 17 heavy (non-hydrogen) atoms. The number of aromatic nitrogens is 2. The number of carbonyl (C=O) groups excluding carboxylic acids is 1. The van der Waals surface area contributed by atoms with Gasteiger partial charge in [-0.2, -0.15) is 0 Å². The SMILES string of the molecule is Cc1cncc(-c2ccnc(C(N)=O)c2F)c1. The molecule has 5 heteroatoms. The molecule has 0 aliphatic rings. The number of halogens is 1. The average Bonchev–Trinajstić information content (AvgIpc) is 2.29. The average molecular weight is 231 g/mol. The van der Waals surface area contributed by atoms with Crippen molar-refractivity contribution in [2.45, 2.75) is 6.92 Å². The normalized spacial score (nSPS) is 10.2. The number of carbonyl (C=O) groups is 1. The summed E-state index contributed by atoms with van der Waals surface area (Å²) >= 11 is 0. The van der Waals surface area contributed by atoms with Gasteiger partial charge in [0.1, 0.15) is 0 Å². The Bertz CT molecular complexity index is 584. The minimum absolute atomic E-state index is 0.269. The topological polar surface area (TPSA) is 68.9 Å². The van der Waals surface area contributed by atoms with Crippen LogP contribution in [0, 0.1) is 12.7 Å². The molecule has 1 amide bonds. The van der Waals surface area contributed by atoms with Gasteiger partial charge in [-0.1, -0.05) is 0 Å². The monoisotopic (exact) mass is 231 g/mol. The van der Waals surface area contributed by atoms with Gasteiger partial charge in [0.25, 0.3) is 5.91 Å². The Labute approximate surface area is 97.3 Å². The van der Waals surface area contributed by atoms with Crippen LogP contribution in [-0.4, -0.2) is 15.9 Å². The summed E-state index contributed by atoms with van der Waals surface area (Å²) in [4.78, 5) is 18.6. The quantitative estimate of drug-likeness (QED) is 0.855. The van der Waals surface area contributed by atoms with E-state index in [1.807, 2.05) is 6.92 Å². The number of nitrogens with two attached hydrogens (primary N) is 1. The van der Waals surface area contributed by atoms with Crippen molar-refractivity contribution >= 4 is 5.91 Å². The van der Waals surface area contributed by atoms with E-state index in [1.54, 1.807) is 12.3 Å². The highest BCUT2D eigenvalue weighted by Crippen LogP contribution is 2.23. The Morgan fingerprint density at radius 1 is 1.41 bits per heavy atom. The molecule has 2 N–H and O–H groups in total. The first-order valence-electron chi connectivity index (χ1n) is 4.96. The second kappa shape index (κ2) is 4.29. The third-order valence-corrected chi connectivity index (χ3v) is 2.31. The van der Waals surface area contributed by atoms with Crippen LogP contribution in [0.4, 0.5) is 4.39 Å². The summed E-state index contributed by atoms with van der Waals surface area (Å²) in [5.74, 6) is -1.60. The number of hydrogen-bond acceptors (Lipinski definition) is 3. The summed E-state index contributed by atoms with van der Waals surface area (Å²) in [6.45, 7) is 1.85. The Balaban J connectivity index is 2.60. The summed E-state index contributed by atoms with van der Waals surface area (Å²) in [7, 11) is 0. The van der Waals surface area contributed by atoms with Gasteiger partial charge in [-0.25, -0.2) is 9.37 Å². The van der Waals surface area contributed by atoms with Crippen LogP contribution in [0.15, 0.2) is 30.7 Å². The Morgan fingerprint density at radius 3 is 2.82 bits per heavy atom. The maximum absolute atomic E-state index is 13.9. The Hall–Kier alpha value is -2.30. The summed E-state index contributed by atoms with van der Waals surface area (Å²) in [6, 6.07) is 3.26. The zero-order valence-corrected chi connectivity index (χ0v) is 9.14. The Morgan fingerprint density at radius 2 is 2.18 bits per heavy atom. The van der Waals surface area contributed by atoms with E-state index < -0.39 is 11.7 Å². The molecular weight excluding hydrogens is 221 g/mol. The molecule has 0 aliphatic carbocycles. The van der Waals surface area contributed by atoms with Crippen molar-refractivity contribution in [1.82, 2.24) is 9.97 Å². The predicted octanol–water partition coefficient (Wildman–Crippen LogP) is 1.69. The van der Waals surface area contributed by atoms with Gasteiger partial charge in [-0.3, -0.25) is 9.78 Å². The highest BCUT2D eigenvalue weighted by Gasteiger charge is 2.15. The largest absolute Gasteiger partial charge is 0.364 e. The lowest BCUT2D eigenvalue weighted by Gasteiger charge is -2.05. The lowest BCUT2D eigenvalue weighted by atomic mass is 10.1. The number of nitrogens with zero attached hydrogens (tertiary/aromatic N) is 2. The number of primary amides is 1. The number of amides is 1. The first kappa shape index (κ1) is 11.2. The standard InChI is InChI=1S/C12H10FN3O/c1-7-4-8(6-15-5-7)9-2-3-16-11(10(9)13)12(14)17/h2-6H,1H3,(H2,14,17). The van der Waals surface area contributed by atoms with E-state index in [4.69, 9.17) is 5.73 Å². The Kier molecular flexibility index (Phi) is 2.82. The van der Waals surface area contributed by atoms with E-state index in [0.29, 0.717) is 5.56 Å². The van der Waals surface area contributed by atoms with Gasteiger partial charge in [-0.05, 0) is 24.6 Å². The van der Waals surface area contributed by atoms with Crippen molar-refractivity contribution in [3.05, 3.63) is 47.8 Å². The minimum atomic E-state index is -0.884. The molecule has 86 valence electrons. The first-order valence-corrected chi connectivity index (χ1v) is 4.96. The number of rotatable bonds is 2. The van der Waals surface area contributed by atoms with E-state index in [-0.39, 0.29) is 11.3 Å². The van der Waals surface area contributed by atoms with Crippen LogP contribution in [0.2, 0.25) is 0 Å². The van der Waals surface area contributed by atoms with Gasteiger partial charge in [0, 0.05) is 29.7 Å². The van der Waals surface area contributed by atoms with Crippen LogP contribution >= 0.6 is 0 Å². The molecular formula is C12H10FN3O. The van der Waals surface area contributed by atoms with E-state index in [2.05, 4.69) is 9.97 Å². The van der Waals surface area contributed by atoms with Crippen molar-refractivity contribution < 1.29 is 9.18 Å². The predicted molar refractivity (Wildman–Crippen MR) is 60.7 cm³/mol. The molecule has 0 aromatic carbocycles. The lowest BCUT2D eigenvalue weighted by Crippen LogP contribution is -2.15. The van der Waals surface area contributed by atoms with Crippen molar-refractivity contribution in [3.63, 3.8) is 0 Å². The van der Waals surface area contributed by atoms with Gasteiger partial charge in [0.05, 0.1) is 0 Å². The van der Waals surface area contributed by atoms with Gasteiger partial charge in [0.2, 0.25) is 0 Å². The van der Waals surface area contributed by atoms with E-state index in [1.165, 1.54) is 18.5 Å². The van der Waals surface area contributed by atoms with Crippen molar-refractivity contribution in [3.8, 4) is 11.1 Å². The van der Waals surface area contributed by atoms with E-state index >= 15 is 0 Å². The molecule has 0 fully saturated rings. The summed E-state index contributed by atoms with van der Waals surface area (Å²) in [5.41, 5.74) is 6.44. The molecule has 2 rings (SSSR count). The fraction of sp³-hybridized carbons (Fsp3) is 0.0833. The van der Waals surface area contributed by atoms with Crippen LogP contribution < -0.4 is 5.73 Å². The molecule has 4 nitrogen and oxygen atoms in total. The van der Waals surface area contributed by atoms with E-state index in [9.17, 15) is 9.18 Å². The second-order valence-corrected chi connectivity index (χ2v) is 3.64. The van der Waals surface area contributed by atoms with Crippen LogP contribution in [0.3, 0.4) is 0 Å². The van der Waals surface area contributed by atoms with Crippen LogP contribution in [-0.2, 0) is 0 Å². The fourth-order valence-electron chi connectivity index (χ4n) is 1.54. The fourth-order valence-corrected chi connectivity index (χ4v) is 1.54. The van der Waals surface area contributed by atoms with Crippen molar-refractivity contribution in [1.29, 1.82) is 0 Å². The summed E-state index contributed by atoms with van der Waals surface area (Å²) in [5, 5.41) is 0. The maximum atomic E-state index is 13.9. The van der Waals surface area contributed by atoms with Gasteiger partial charge in [0.15, 0.2) is 11.5 Å². The smallest absolute Gasteiger partial charge is 0.270 e.